The predicted octanol–water partition coefficient (Wildman–Crippen LogP) is 4.11. The Labute approximate surface area is 221 Å². The van der Waals surface area contributed by atoms with Crippen LogP contribution in [0.4, 0.5) is 5.69 Å². The highest BCUT2D eigenvalue weighted by molar-refractivity contribution is 7.20. The van der Waals surface area contributed by atoms with Gasteiger partial charge in [-0.15, -0.1) is 11.3 Å². The van der Waals surface area contributed by atoms with Crippen LogP contribution in [0.1, 0.15) is 46.8 Å². The lowest BCUT2D eigenvalue weighted by Gasteiger charge is -2.38. The van der Waals surface area contributed by atoms with Gasteiger partial charge >= 0.3 is 0 Å². The molecule has 3 atom stereocenters. The Bertz CT molecular complexity index is 1260. The Balaban J connectivity index is 1.48. The minimum atomic E-state index is -0.344. The lowest BCUT2D eigenvalue weighted by molar-refractivity contribution is 0.0345. The molecule has 9 heteroatoms. The van der Waals surface area contributed by atoms with Crippen molar-refractivity contribution in [1.82, 2.24) is 14.8 Å². The zero-order chi connectivity index (χ0) is 26.1. The summed E-state index contributed by atoms with van der Waals surface area (Å²) >= 11 is 1.32. The van der Waals surface area contributed by atoms with E-state index >= 15 is 0 Å². The SMILES string of the molecule is C[C@@H]1CN([C@@H](C)CO)C(=O)c2cccc(NC(=O)c3nc4ccccc4s3)c2O[C@@H]1CN(C)CC1CC1. The molecule has 1 saturated carbocycles. The number of aromatic nitrogens is 1. The van der Waals surface area contributed by atoms with E-state index in [-0.39, 0.29) is 36.5 Å². The summed E-state index contributed by atoms with van der Waals surface area (Å²) in [5.74, 6) is 0.569. The van der Waals surface area contributed by atoms with E-state index in [2.05, 4.69) is 29.2 Å². The fourth-order valence-corrected chi connectivity index (χ4v) is 5.69. The average Bonchev–Trinajstić information content (AvgIpc) is 3.59. The molecular formula is C28H34N4O4S. The van der Waals surface area contributed by atoms with Crippen molar-refractivity contribution in [3.8, 4) is 5.75 Å². The number of hydrogen-bond acceptors (Lipinski definition) is 7. The number of aliphatic hydroxyl groups is 1. The quantitative estimate of drug-likeness (QED) is 0.462. The maximum atomic E-state index is 13.6. The predicted molar refractivity (Wildman–Crippen MR) is 145 cm³/mol. The number of likely N-dealkylation sites (N-methyl/N-ethyl adjacent to an activating group) is 1. The standard InChI is InChI=1S/C28H34N4O4S/c1-17-13-32(18(2)16-33)28(35)20-7-6-9-22(25(20)36-23(17)15-31(3)14-19-11-12-19)29-26(34)27-30-21-8-4-5-10-24(21)37-27/h4-10,17-19,23,33H,11-16H2,1-3H3,(H,29,34)/t17-,18+,23-/m1/s1. The number of aliphatic hydroxyl groups excluding tert-OH is 1. The number of benzene rings is 2. The minimum Gasteiger partial charge on any atom is -0.486 e. The van der Waals surface area contributed by atoms with Crippen LogP contribution in [0.3, 0.4) is 0 Å². The van der Waals surface area contributed by atoms with Crippen molar-refractivity contribution in [2.24, 2.45) is 11.8 Å². The van der Waals surface area contributed by atoms with Crippen molar-refractivity contribution in [3.63, 3.8) is 0 Å². The smallest absolute Gasteiger partial charge is 0.284 e. The highest BCUT2D eigenvalue weighted by atomic mass is 32.1. The molecule has 1 aliphatic heterocycles. The summed E-state index contributed by atoms with van der Waals surface area (Å²) in [5, 5.41) is 13.2. The van der Waals surface area contributed by atoms with E-state index in [1.165, 1.54) is 24.2 Å². The van der Waals surface area contributed by atoms with E-state index < -0.39 is 0 Å². The molecular weight excluding hydrogens is 488 g/mol. The highest BCUT2D eigenvalue weighted by Crippen LogP contribution is 2.36. The van der Waals surface area contributed by atoms with E-state index in [1.807, 2.05) is 31.2 Å². The molecule has 2 aromatic carbocycles. The van der Waals surface area contributed by atoms with Gasteiger partial charge in [-0.1, -0.05) is 25.1 Å². The van der Waals surface area contributed by atoms with Crippen molar-refractivity contribution >= 4 is 39.1 Å². The molecule has 1 aromatic heterocycles. The number of hydrogen-bond donors (Lipinski definition) is 2. The first kappa shape index (κ1) is 25.6. The molecule has 0 saturated heterocycles. The lowest BCUT2D eigenvalue weighted by Crippen LogP contribution is -2.50. The summed E-state index contributed by atoms with van der Waals surface area (Å²) in [7, 11) is 2.11. The monoisotopic (exact) mass is 522 g/mol. The fourth-order valence-electron chi connectivity index (χ4n) is 4.83. The first-order valence-corrected chi connectivity index (χ1v) is 13.7. The maximum absolute atomic E-state index is 13.6. The normalized spacial score (nSPS) is 20.8. The van der Waals surface area contributed by atoms with E-state index in [0.29, 0.717) is 35.1 Å². The number of amides is 2. The maximum Gasteiger partial charge on any atom is 0.284 e. The van der Waals surface area contributed by atoms with Gasteiger partial charge in [0, 0.05) is 25.6 Å². The number of fused-ring (bicyclic) bond motifs is 2. The summed E-state index contributed by atoms with van der Waals surface area (Å²) in [4.78, 5) is 35.4. The molecule has 37 heavy (non-hydrogen) atoms. The first-order valence-electron chi connectivity index (χ1n) is 12.9. The van der Waals surface area contributed by atoms with Gasteiger partial charge in [0.1, 0.15) is 6.10 Å². The molecule has 8 nitrogen and oxygen atoms in total. The van der Waals surface area contributed by atoms with Crippen LogP contribution < -0.4 is 10.1 Å². The Morgan fingerprint density at radius 2 is 2.03 bits per heavy atom. The molecule has 1 fully saturated rings. The van der Waals surface area contributed by atoms with Gasteiger partial charge in [0.15, 0.2) is 10.8 Å². The van der Waals surface area contributed by atoms with E-state index in [1.54, 1.807) is 23.1 Å². The van der Waals surface area contributed by atoms with Crippen LogP contribution in [0.15, 0.2) is 42.5 Å². The Kier molecular flexibility index (Phi) is 7.46. The third-order valence-corrected chi connectivity index (χ3v) is 8.22. The van der Waals surface area contributed by atoms with Gasteiger partial charge in [-0.25, -0.2) is 4.98 Å². The van der Waals surface area contributed by atoms with Crippen molar-refractivity contribution in [3.05, 3.63) is 53.0 Å². The van der Waals surface area contributed by atoms with Crippen LogP contribution >= 0.6 is 11.3 Å². The Hall–Kier alpha value is -3.01. The van der Waals surface area contributed by atoms with Gasteiger partial charge in [-0.05, 0) is 57.0 Å². The number of nitrogens with zero attached hydrogens (tertiary/aromatic N) is 3. The Morgan fingerprint density at radius 3 is 2.76 bits per heavy atom. The van der Waals surface area contributed by atoms with E-state index in [0.717, 1.165) is 22.7 Å². The summed E-state index contributed by atoms with van der Waals surface area (Å²) in [6, 6.07) is 12.5. The van der Waals surface area contributed by atoms with Crippen LogP contribution in [-0.2, 0) is 0 Å². The average molecular weight is 523 g/mol. The van der Waals surface area contributed by atoms with Crippen LogP contribution in [-0.4, -0.2) is 77.1 Å². The van der Waals surface area contributed by atoms with E-state index in [9.17, 15) is 14.7 Å². The fraction of sp³-hybridized carbons (Fsp3) is 0.464. The Morgan fingerprint density at radius 1 is 1.24 bits per heavy atom. The highest BCUT2D eigenvalue weighted by Gasteiger charge is 2.35. The zero-order valence-electron chi connectivity index (χ0n) is 21.5. The lowest BCUT2D eigenvalue weighted by atomic mass is 9.99. The van der Waals surface area contributed by atoms with Gasteiger partial charge in [0.2, 0.25) is 0 Å². The molecule has 2 aliphatic rings. The summed E-state index contributed by atoms with van der Waals surface area (Å²) < 4.78 is 7.53. The first-order chi connectivity index (χ1) is 17.8. The topological polar surface area (TPSA) is 95.0 Å². The minimum absolute atomic E-state index is 0.0146. The van der Waals surface area contributed by atoms with Gasteiger partial charge in [0.25, 0.3) is 11.8 Å². The van der Waals surface area contributed by atoms with Gasteiger partial charge < -0.3 is 25.0 Å². The van der Waals surface area contributed by atoms with E-state index in [4.69, 9.17) is 4.74 Å². The second-order valence-electron chi connectivity index (χ2n) is 10.4. The summed E-state index contributed by atoms with van der Waals surface area (Å²) in [6.07, 6.45) is 2.34. The second kappa shape index (κ2) is 10.8. The van der Waals surface area contributed by atoms with Crippen molar-refractivity contribution in [1.29, 1.82) is 0 Å². The molecule has 0 bridgehead atoms. The molecule has 0 spiro atoms. The summed E-state index contributed by atoms with van der Waals surface area (Å²) in [6.45, 7) is 5.99. The number of anilines is 1. The molecule has 2 amide bonds. The van der Waals surface area contributed by atoms with Crippen LogP contribution in [0.5, 0.6) is 5.75 Å². The molecule has 0 radical (unpaired) electrons. The van der Waals surface area contributed by atoms with Crippen molar-refractivity contribution in [2.45, 2.75) is 38.8 Å². The molecule has 1 aliphatic carbocycles. The molecule has 2 heterocycles. The number of carbonyl (C=O) groups excluding carboxylic acids is 2. The largest absolute Gasteiger partial charge is 0.486 e. The zero-order valence-corrected chi connectivity index (χ0v) is 22.3. The second-order valence-corrected chi connectivity index (χ2v) is 11.4. The molecule has 2 N–H and O–H groups in total. The van der Waals surface area contributed by atoms with Gasteiger partial charge in [0.05, 0.1) is 34.1 Å². The van der Waals surface area contributed by atoms with Crippen LogP contribution in [0.2, 0.25) is 0 Å². The molecule has 3 aromatic rings. The van der Waals surface area contributed by atoms with Crippen LogP contribution in [0, 0.1) is 11.8 Å². The van der Waals surface area contributed by atoms with Gasteiger partial charge in [-0.2, -0.15) is 0 Å². The third-order valence-electron chi connectivity index (χ3n) is 7.19. The third kappa shape index (κ3) is 5.63. The number of ether oxygens (including phenoxy) is 1. The molecule has 5 rings (SSSR count). The summed E-state index contributed by atoms with van der Waals surface area (Å²) in [5.41, 5.74) is 1.59. The van der Waals surface area contributed by atoms with Gasteiger partial charge in [-0.3, -0.25) is 9.59 Å². The number of carbonyl (C=O) groups is 2. The number of thiazole rings is 1. The number of para-hydroxylation sites is 2. The van der Waals surface area contributed by atoms with Crippen LogP contribution in [0.25, 0.3) is 10.2 Å². The van der Waals surface area contributed by atoms with Crippen molar-refractivity contribution < 1.29 is 19.4 Å². The number of nitrogens with one attached hydrogen (secondary N) is 1. The molecule has 0 unspecified atom stereocenters. The van der Waals surface area contributed by atoms with Crippen molar-refractivity contribution in [2.75, 3.05) is 38.6 Å². The number of rotatable bonds is 8. The molecule has 196 valence electrons.